The van der Waals surface area contributed by atoms with Gasteiger partial charge in [-0.15, -0.1) is 0 Å². The molecule has 0 radical (unpaired) electrons. The number of hydrogen-bond acceptors (Lipinski definition) is 3. The molecule has 1 aromatic rings. The zero-order valence-corrected chi connectivity index (χ0v) is 12.5. The predicted molar refractivity (Wildman–Crippen MR) is 75.6 cm³/mol. The molecule has 102 valence electrons. The van der Waals surface area contributed by atoms with E-state index >= 15 is 0 Å². The Hall–Kier alpha value is -0.900. The molecule has 0 saturated carbocycles. The monoisotopic (exact) mass is 299 g/mol. The van der Waals surface area contributed by atoms with E-state index in [-0.39, 0.29) is 5.54 Å². The van der Waals surface area contributed by atoms with Gasteiger partial charge in [-0.1, -0.05) is 23.2 Å². The maximum absolute atomic E-state index is 11.9. The number of carbonyl (C=O) groups is 2. The highest BCUT2D eigenvalue weighted by Crippen LogP contribution is 2.41. The number of fused-ring (bicyclic) bond motifs is 1. The zero-order chi connectivity index (χ0) is 14.4. The van der Waals surface area contributed by atoms with Crippen LogP contribution in [0.5, 0.6) is 0 Å². The summed E-state index contributed by atoms with van der Waals surface area (Å²) < 4.78 is 0. The quantitative estimate of drug-likeness (QED) is 0.620. The van der Waals surface area contributed by atoms with Gasteiger partial charge in [0.05, 0.1) is 10.0 Å². The molecule has 0 saturated heterocycles. The Kier molecular flexibility index (Phi) is 3.74. The van der Waals surface area contributed by atoms with Gasteiger partial charge < -0.3 is 0 Å². The maximum Gasteiger partial charge on any atom is 0.216 e. The Morgan fingerprint density at radius 2 is 1.89 bits per heavy atom. The summed E-state index contributed by atoms with van der Waals surface area (Å²) in [5, 5.41) is 0.869. The van der Waals surface area contributed by atoms with Gasteiger partial charge in [0, 0.05) is 12.1 Å². The molecule has 0 aliphatic carbocycles. The lowest BCUT2D eigenvalue weighted by molar-refractivity contribution is -0.134. The first-order valence-corrected chi connectivity index (χ1v) is 6.75. The lowest BCUT2D eigenvalue weighted by Gasteiger charge is -2.35. The fraction of sp³-hybridized carbons (Fsp3) is 0.429. The van der Waals surface area contributed by atoms with Gasteiger partial charge in [0.15, 0.2) is 6.29 Å². The van der Waals surface area contributed by atoms with Crippen LogP contribution in [-0.2, 0) is 16.1 Å². The Morgan fingerprint density at radius 1 is 1.32 bits per heavy atom. The molecular formula is C14H15Cl2NO2. The van der Waals surface area contributed by atoms with Crippen molar-refractivity contribution in [1.82, 2.24) is 4.90 Å². The number of nitrogens with zero attached hydrogens (tertiary/aromatic N) is 1. The maximum atomic E-state index is 11.9. The Labute approximate surface area is 122 Å². The third-order valence-corrected chi connectivity index (χ3v) is 4.10. The Balaban J connectivity index is 2.56. The molecule has 0 amide bonds. The highest BCUT2D eigenvalue weighted by atomic mass is 35.5. The SMILES string of the molecule is CC(C)(C)N1Cc2cc(Cl)c(Cl)cc2C1C(=O)C=O. The first kappa shape index (κ1) is 14.5. The van der Waals surface area contributed by atoms with E-state index in [0.717, 1.165) is 11.1 Å². The predicted octanol–water partition coefficient (Wildman–Crippen LogP) is 3.42. The summed E-state index contributed by atoms with van der Waals surface area (Å²) >= 11 is 12.0. The number of Topliss-reactive ketones (excluding diaryl/α,β-unsaturated/α-hetero) is 1. The summed E-state index contributed by atoms with van der Waals surface area (Å²) in [5.74, 6) is -0.452. The van der Waals surface area contributed by atoms with Gasteiger partial charge in [-0.3, -0.25) is 14.5 Å². The molecule has 1 aliphatic heterocycles. The van der Waals surface area contributed by atoms with Gasteiger partial charge in [-0.25, -0.2) is 0 Å². The minimum Gasteiger partial charge on any atom is -0.295 e. The molecule has 1 aromatic carbocycles. The molecule has 0 aromatic heterocycles. The van der Waals surface area contributed by atoms with Crippen molar-refractivity contribution in [3.05, 3.63) is 33.3 Å². The normalized spacial score (nSPS) is 19.3. The van der Waals surface area contributed by atoms with Gasteiger partial charge in [0.2, 0.25) is 5.78 Å². The number of rotatable bonds is 2. The van der Waals surface area contributed by atoms with E-state index in [0.29, 0.717) is 22.9 Å². The van der Waals surface area contributed by atoms with E-state index in [4.69, 9.17) is 23.2 Å². The molecule has 19 heavy (non-hydrogen) atoms. The molecule has 2 rings (SSSR count). The fourth-order valence-corrected chi connectivity index (χ4v) is 2.79. The molecule has 1 aliphatic rings. The summed E-state index contributed by atoms with van der Waals surface area (Å²) in [5.41, 5.74) is 1.49. The molecule has 0 fully saturated rings. The van der Waals surface area contributed by atoms with Crippen LogP contribution in [0.4, 0.5) is 0 Å². The number of carbonyl (C=O) groups excluding carboxylic acids is 2. The van der Waals surface area contributed by atoms with Crippen molar-refractivity contribution >= 4 is 35.3 Å². The average molecular weight is 300 g/mol. The molecule has 0 spiro atoms. The molecule has 3 nitrogen and oxygen atoms in total. The van der Waals surface area contributed by atoms with Gasteiger partial charge >= 0.3 is 0 Å². The van der Waals surface area contributed by atoms with Crippen LogP contribution in [0.15, 0.2) is 12.1 Å². The van der Waals surface area contributed by atoms with E-state index in [1.165, 1.54) is 0 Å². The minimum atomic E-state index is -0.567. The zero-order valence-electron chi connectivity index (χ0n) is 11.0. The molecule has 0 N–H and O–H groups in total. The lowest BCUT2D eigenvalue weighted by atomic mass is 9.99. The second-order valence-corrected chi connectivity index (χ2v) is 6.50. The van der Waals surface area contributed by atoms with Crippen molar-refractivity contribution in [2.24, 2.45) is 0 Å². The van der Waals surface area contributed by atoms with Gasteiger partial charge in [-0.2, -0.15) is 0 Å². The molecule has 5 heteroatoms. The third-order valence-electron chi connectivity index (χ3n) is 3.38. The number of aldehydes is 1. The number of hydrogen-bond donors (Lipinski definition) is 0. The Bertz CT molecular complexity index is 549. The third kappa shape index (κ3) is 2.55. The van der Waals surface area contributed by atoms with E-state index in [1.54, 1.807) is 12.1 Å². The standard InChI is InChI=1S/C14H15Cl2NO2/c1-14(2,3)17-6-8-4-10(15)11(16)5-9(8)13(17)12(19)7-18/h4-5,7,13H,6H2,1-3H3. The second-order valence-electron chi connectivity index (χ2n) is 5.69. The highest BCUT2D eigenvalue weighted by Gasteiger charge is 2.41. The summed E-state index contributed by atoms with van der Waals surface area (Å²) in [6, 6.07) is 2.90. The second kappa shape index (κ2) is 4.89. The largest absolute Gasteiger partial charge is 0.295 e. The van der Waals surface area contributed by atoms with Crippen LogP contribution >= 0.6 is 23.2 Å². The summed E-state index contributed by atoms with van der Waals surface area (Å²) in [4.78, 5) is 24.8. The van der Waals surface area contributed by atoms with Crippen molar-refractivity contribution in [3.8, 4) is 0 Å². The minimum absolute atomic E-state index is 0.235. The van der Waals surface area contributed by atoms with Gasteiger partial charge in [-0.05, 0) is 44.0 Å². The van der Waals surface area contributed by atoms with Crippen LogP contribution in [-0.4, -0.2) is 22.5 Å². The van der Waals surface area contributed by atoms with Crippen molar-refractivity contribution in [3.63, 3.8) is 0 Å². The number of benzene rings is 1. The number of halogens is 2. The Morgan fingerprint density at radius 3 is 2.42 bits per heavy atom. The van der Waals surface area contributed by atoms with Crippen LogP contribution in [0.1, 0.15) is 37.9 Å². The smallest absolute Gasteiger partial charge is 0.216 e. The van der Waals surface area contributed by atoms with Gasteiger partial charge in [0.25, 0.3) is 0 Å². The summed E-state index contributed by atoms with van der Waals surface area (Å²) in [6.07, 6.45) is 0.376. The van der Waals surface area contributed by atoms with Crippen LogP contribution in [0, 0.1) is 0 Å². The fourth-order valence-electron chi connectivity index (χ4n) is 2.43. The van der Waals surface area contributed by atoms with Crippen LogP contribution in [0.25, 0.3) is 0 Å². The van der Waals surface area contributed by atoms with E-state index < -0.39 is 11.8 Å². The van der Waals surface area contributed by atoms with E-state index in [2.05, 4.69) is 0 Å². The molecule has 1 heterocycles. The topological polar surface area (TPSA) is 37.4 Å². The van der Waals surface area contributed by atoms with Gasteiger partial charge in [0.1, 0.15) is 6.04 Å². The summed E-state index contributed by atoms with van der Waals surface area (Å²) in [6.45, 7) is 6.60. The number of ketones is 1. The van der Waals surface area contributed by atoms with Crippen molar-refractivity contribution in [1.29, 1.82) is 0 Å². The van der Waals surface area contributed by atoms with Crippen LogP contribution < -0.4 is 0 Å². The lowest BCUT2D eigenvalue weighted by Crippen LogP contribution is -2.42. The first-order chi connectivity index (χ1) is 8.75. The van der Waals surface area contributed by atoms with Crippen molar-refractivity contribution < 1.29 is 9.59 Å². The van der Waals surface area contributed by atoms with E-state index in [9.17, 15) is 9.59 Å². The first-order valence-electron chi connectivity index (χ1n) is 5.99. The highest BCUT2D eigenvalue weighted by molar-refractivity contribution is 6.42. The molecule has 0 bridgehead atoms. The van der Waals surface area contributed by atoms with Crippen molar-refractivity contribution in [2.45, 2.75) is 38.9 Å². The summed E-state index contributed by atoms with van der Waals surface area (Å²) in [7, 11) is 0. The van der Waals surface area contributed by atoms with E-state index in [1.807, 2.05) is 25.7 Å². The van der Waals surface area contributed by atoms with Crippen LogP contribution in [0.3, 0.4) is 0 Å². The average Bonchev–Trinajstić information content (AvgIpc) is 2.67. The molecule has 1 unspecified atom stereocenters. The molecule has 1 atom stereocenters. The van der Waals surface area contributed by atoms with Crippen LogP contribution in [0.2, 0.25) is 10.0 Å². The molecular weight excluding hydrogens is 285 g/mol. The van der Waals surface area contributed by atoms with Crippen molar-refractivity contribution in [2.75, 3.05) is 0 Å².